The van der Waals surface area contributed by atoms with E-state index < -0.39 is 0 Å². The van der Waals surface area contributed by atoms with Crippen molar-refractivity contribution >= 4 is 22.5 Å². The molecule has 28 heavy (non-hydrogen) atoms. The fourth-order valence-corrected chi connectivity index (χ4v) is 3.43. The maximum Gasteiger partial charge on any atom is 0.265 e. The van der Waals surface area contributed by atoms with Gasteiger partial charge in [0, 0.05) is 7.11 Å². The van der Waals surface area contributed by atoms with Gasteiger partial charge in [-0.2, -0.15) is 0 Å². The maximum absolute atomic E-state index is 12.9. The van der Waals surface area contributed by atoms with Crippen molar-refractivity contribution in [1.82, 2.24) is 9.55 Å². The molecule has 2 aromatic carbocycles. The third kappa shape index (κ3) is 3.64. The standard InChI is InChI=1S/C23H21N3O2.H2/c1-16-24-21-10-6-5-9-20(21)23(28)26(16)19-13-11-18(12-14-19)25-22(27)15-17-7-3-2-4-8-17;/h3,5-14H,2,4,15H2,1H3,(H,25,27);1H. The second-order valence-electron chi connectivity index (χ2n) is 6.85. The monoisotopic (exact) mass is 373 g/mol. The molecule has 3 aromatic rings. The minimum atomic E-state index is -0.101. The molecular weight excluding hydrogens is 350 g/mol. The molecule has 0 aliphatic heterocycles. The number of aromatic nitrogens is 2. The largest absolute Gasteiger partial charge is 0.326 e. The summed E-state index contributed by atoms with van der Waals surface area (Å²) in [6.07, 6.45) is 8.59. The lowest BCUT2D eigenvalue weighted by Crippen LogP contribution is -2.22. The number of aryl methyl sites for hydroxylation is 1. The van der Waals surface area contributed by atoms with E-state index in [4.69, 9.17) is 0 Å². The number of allylic oxidation sites excluding steroid dienone is 3. The maximum atomic E-state index is 12.9. The Morgan fingerprint density at radius 3 is 2.68 bits per heavy atom. The Labute approximate surface area is 164 Å². The Morgan fingerprint density at radius 2 is 1.93 bits per heavy atom. The molecule has 0 spiro atoms. The Bertz CT molecular complexity index is 1160. The minimum absolute atomic E-state index is 0. The van der Waals surface area contributed by atoms with Gasteiger partial charge in [-0.15, -0.1) is 0 Å². The number of anilines is 1. The highest BCUT2D eigenvalue weighted by atomic mass is 16.1. The lowest BCUT2D eigenvalue weighted by Gasteiger charge is -2.12. The normalized spacial score (nSPS) is 13.4. The van der Waals surface area contributed by atoms with Crippen LogP contribution in [0.4, 0.5) is 5.69 Å². The van der Waals surface area contributed by atoms with Gasteiger partial charge < -0.3 is 5.32 Å². The van der Waals surface area contributed by atoms with Crippen LogP contribution in [0.5, 0.6) is 0 Å². The predicted molar refractivity (Wildman–Crippen MR) is 114 cm³/mol. The molecule has 1 amide bonds. The Balaban J connectivity index is 0.00000240. The first-order valence-corrected chi connectivity index (χ1v) is 9.36. The van der Waals surface area contributed by atoms with E-state index in [9.17, 15) is 9.59 Å². The van der Waals surface area contributed by atoms with Crippen molar-refractivity contribution in [3.63, 3.8) is 0 Å². The molecule has 0 unspecified atom stereocenters. The molecule has 1 heterocycles. The van der Waals surface area contributed by atoms with Gasteiger partial charge in [-0.1, -0.05) is 30.4 Å². The zero-order valence-electron chi connectivity index (χ0n) is 15.7. The lowest BCUT2D eigenvalue weighted by molar-refractivity contribution is -0.115. The van der Waals surface area contributed by atoms with Crippen molar-refractivity contribution in [2.24, 2.45) is 0 Å². The molecule has 1 aliphatic carbocycles. The number of rotatable bonds is 4. The molecule has 0 saturated carbocycles. The first-order chi connectivity index (χ1) is 13.6. The van der Waals surface area contributed by atoms with Crippen molar-refractivity contribution in [3.05, 3.63) is 88.5 Å². The molecule has 0 saturated heterocycles. The summed E-state index contributed by atoms with van der Waals surface area (Å²) >= 11 is 0. The highest BCUT2D eigenvalue weighted by Crippen LogP contribution is 2.17. The van der Waals surface area contributed by atoms with Gasteiger partial charge in [0.1, 0.15) is 5.82 Å². The van der Waals surface area contributed by atoms with Gasteiger partial charge in [0.25, 0.3) is 5.56 Å². The van der Waals surface area contributed by atoms with Crippen molar-refractivity contribution in [2.45, 2.75) is 26.2 Å². The molecule has 5 heteroatoms. The summed E-state index contributed by atoms with van der Waals surface area (Å²) in [5.41, 5.74) is 3.06. The summed E-state index contributed by atoms with van der Waals surface area (Å²) in [5.74, 6) is 0.572. The summed E-state index contributed by atoms with van der Waals surface area (Å²) in [6, 6.07) is 14.6. The molecule has 0 atom stereocenters. The van der Waals surface area contributed by atoms with Crippen molar-refractivity contribution < 1.29 is 6.22 Å². The SMILES string of the molecule is Cc1nc2ccccc2c(=O)n1-c1ccc(NC(=O)CC2=CCCC=C2)cc1.[HH]. The number of carbonyl (C=O) groups is 1. The third-order valence-corrected chi connectivity index (χ3v) is 4.79. The van der Waals surface area contributed by atoms with Gasteiger partial charge in [0.05, 0.1) is 23.0 Å². The van der Waals surface area contributed by atoms with Crippen LogP contribution in [-0.4, -0.2) is 15.5 Å². The van der Waals surface area contributed by atoms with Crippen LogP contribution in [0.3, 0.4) is 0 Å². The van der Waals surface area contributed by atoms with Crippen LogP contribution in [-0.2, 0) is 4.79 Å². The Hall–Kier alpha value is -3.47. The van der Waals surface area contributed by atoms with Crippen molar-refractivity contribution in [1.29, 1.82) is 0 Å². The number of benzene rings is 2. The Morgan fingerprint density at radius 1 is 1.14 bits per heavy atom. The first-order valence-electron chi connectivity index (χ1n) is 9.36. The number of para-hydroxylation sites is 1. The minimum Gasteiger partial charge on any atom is -0.326 e. The van der Waals surface area contributed by atoms with Crippen LogP contribution < -0.4 is 10.9 Å². The zero-order valence-corrected chi connectivity index (χ0v) is 15.7. The zero-order chi connectivity index (χ0) is 19.5. The first kappa shape index (κ1) is 17.9. The van der Waals surface area contributed by atoms with E-state index in [1.54, 1.807) is 22.8 Å². The third-order valence-electron chi connectivity index (χ3n) is 4.79. The number of hydrogen-bond donors (Lipinski definition) is 1. The Kier molecular flexibility index (Phi) is 4.89. The van der Waals surface area contributed by atoms with Gasteiger partial charge in [0.15, 0.2) is 0 Å². The van der Waals surface area contributed by atoms with E-state index >= 15 is 0 Å². The van der Waals surface area contributed by atoms with E-state index in [1.165, 1.54) is 0 Å². The number of amides is 1. The molecule has 0 fully saturated rings. The molecule has 1 aromatic heterocycles. The fraction of sp³-hybridized carbons (Fsp3) is 0.174. The molecule has 5 nitrogen and oxygen atoms in total. The van der Waals surface area contributed by atoms with Crippen LogP contribution in [0.15, 0.2) is 77.1 Å². The van der Waals surface area contributed by atoms with E-state index in [-0.39, 0.29) is 12.9 Å². The van der Waals surface area contributed by atoms with Crippen molar-refractivity contribution in [2.75, 3.05) is 5.32 Å². The number of carbonyl (C=O) groups excluding carboxylic acids is 1. The number of nitrogens with one attached hydrogen (secondary N) is 1. The molecule has 0 bridgehead atoms. The second-order valence-corrected chi connectivity index (χ2v) is 6.85. The number of nitrogens with zero attached hydrogens (tertiary/aromatic N) is 2. The van der Waals surface area contributed by atoms with Gasteiger partial charge in [-0.3, -0.25) is 14.2 Å². The average Bonchev–Trinajstić information content (AvgIpc) is 2.70. The van der Waals surface area contributed by atoms with E-state index in [0.29, 0.717) is 28.8 Å². The van der Waals surface area contributed by atoms with Gasteiger partial charge in [0.2, 0.25) is 5.91 Å². The second kappa shape index (κ2) is 7.64. The smallest absolute Gasteiger partial charge is 0.265 e. The summed E-state index contributed by atoms with van der Waals surface area (Å²) in [5, 5.41) is 3.49. The average molecular weight is 373 g/mol. The summed E-state index contributed by atoms with van der Waals surface area (Å²) in [7, 11) is 0. The van der Waals surface area contributed by atoms with E-state index in [0.717, 1.165) is 24.1 Å². The van der Waals surface area contributed by atoms with Crippen molar-refractivity contribution in [3.8, 4) is 5.69 Å². The highest BCUT2D eigenvalue weighted by molar-refractivity contribution is 5.92. The van der Waals surface area contributed by atoms with Crippen LogP contribution in [0.1, 0.15) is 26.5 Å². The lowest BCUT2D eigenvalue weighted by atomic mass is 10.0. The molecule has 1 aliphatic rings. The quantitative estimate of drug-likeness (QED) is 0.730. The van der Waals surface area contributed by atoms with Gasteiger partial charge >= 0.3 is 0 Å². The molecule has 142 valence electrons. The number of fused-ring (bicyclic) bond motifs is 1. The topological polar surface area (TPSA) is 64.0 Å². The van der Waals surface area contributed by atoms with Crippen LogP contribution in [0.2, 0.25) is 0 Å². The van der Waals surface area contributed by atoms with Gasteiger partial charge in [-0.25, -0.2) is 4.98 Å². The van der Waals surface area contributed by atoms with Crippen LogP contribution in [0, 0.1) is 6.92 Å². The predicted octanol–water partition coefficient (Wildman–Crippen LogP) is 4.55. The summed E-state index contributed by atoms with van der Waals surface area (Å²) < 4.78 is 1.59. The summed E-state index contributed by atoms with van der Waals surface area (Å²) in [4.78, 5) is 29.6. The van der Waals surface area contributed by atoms with Gasteiger partial charge in [-0.05, 0) is 61.7 Å². The molecular formula is C23H23N3O2. The van der Waals surface area contributed by atoms with Crippen LogP contribution in [0.25, 0.3) is 16.6 Å². The molecule has 1 N–H and O–H groups in total. The van der Waals surface area contributed by atoms with E-state index in [2.05, 4.69) is 22.5 Å². The molecule has 4 rings (SSSR count). The van der Waals surface area contributed by atoms with Crippen LogP contribution >= 0.6 is 0 Å². The molecule has 0 radical (unpaired) electrons. The van der Waals surface area contributed by atoms with E-state index in [1.807, 2.05) is 43.3 Å². The fourth-order valence-electron chi connectivity index (χ4n) is 3.43. The summed E-state index contributed by atoms with van der Waals surface area (Å²) in [6.45, 7) is 1.81. The highest BCUT2D eigenvalue weighted by Gasteiger charge is 2.10. The number of hydrogen-bond acceptors (Lipinski definition) is 3.